The van der Waals surface area contributed by atoms with Gasteiger partial charge in [0, 0.05) is 11.0 Å². The van der Waals surface area contributed by atoms with E-state index in [9.17, 15) is 18.3 Å². The number of alkyl halides is 3. The van der Waals surface area contributed by atoms with E-state index in [2.05, 4.69) is 0 Å². The van der Waals surface area contributed by atoms with Crippen LogP contribution in [0, 0.1) is 0 Å². The molecule has 1 rings (SSSR count). The molecule has 0 aromatic heterocycles. The van der Waals surface area contributed by atoms with Crippen LogP contribution in [0.2, 0.25) is 0 Å². The molecule has 0 saturated heterocycles. The molecule has 1 aromatic carbocycles. The monoisotopic (exact) mass is 264 g/mol. The number of aliphatic hydroxyl groups excluding tert-OH is 1. The van der Waals surface area contributed by atoms with E-state index in [0.717, 1.165) is 6.07 Å². The van der Waals surface area contributed by atoms with Gasteiger partial charge in [-0.05, 0) is 18.6 Å². The molecule has 0 bridgehead atoms. The Morgan fingerprint density at radius 3 is 2.35 bits per heavy atom. The molecular weight excluding hydrogens is 249 g/mol. The molecular formula is C12H15F3OS. The van der Waals surface area contributed by atoms with Gasteiger partial charge in [0.05, 0.1) is 11.7 Å². The van der Waals surface area contributed by atoms with Gasteiger partial charge in [0.2, 0.25) is 0 Å². The maximum Gasteiger partial charge on any atom is 0.416 e. The van der Waals surface area contributed by atoms with Crippen LogP contribution in [0.3, 0.4) is 0 Å². The fourth-order valence-corrected chi connectivity index (χ4v) is 2.26. The number of benzene rings is 1. The highest BCUT2D eigenvalue weighted by atomic mass is 32.2. The summed E-state index contributed by atoms with van der Waals surface area (Å²) in [6.45, 7) is 3.43. The van der Waals surface area contributed by atoms with Crippen LogP contribution in [0.5, 0.6) is 0 Å². The molecule has 0 fully saturated rings. The molecule has 0 saturated carbocycles. The SMILES string of the molecule is CC(O)C(C)SCc1ccccc1C(F)(F)F. The Labute approximate surface area is 103 Å². The Kier molecular flexibility index (Phi) is 4.89. The van der Waals surface area contributed by atoms with Crippen molar-refractivity contribution in [2.24, 2.45) is 0 Å². The summed E-state index contributed by atoms with van der Waals surface area (Å²) in [5, 5.41) is 9.20. The van der Waals surface area contributed by atoms with Crippen molar-refractivity contribution in [3.8, 4) is 0 Å². The van der Waals surface area contributed by atoms with Crippen LogP contribution in [0.25, 0.3) is 0 Å². The van der Waals surface area contributed by atoms with E-state index < -0.39 is 17.8 Å². The lowest BCUT2D eigenvalue weighted by molar-refractivity contribution is -0.138. The third-order valence-electron chi connectivity index (χ3n) is 2.50. The van der Waals surface area contributed by atoms with Crippen LogP contribution in [0.15, 0.2) is 24.3 Å². The zero-order valence-electron chi connectivity index (χ0n) is 9.66. The Balaban J connectivity index is 2.78. The van der Waals surface area contributed by atoms with Crippen molar-refractivity contribution < 1.29 is 18.3 Å². The Hall–Kier alpha value is -0.680. The first kappa shape index (κ1) is 14.4. The smallest absolute Gasteiger partial charge is 0.392 e. The number of hydrogen-bond acceptors (Lipinski definition) is 2. The van der Waals surface area contributed by atoms with Gasteiger partial charge in [-0.25, -0.2) is 0 Å². The normalized spacial score (nSPS) is 15.6. The quantitative estimate of drug-likeness (QED) is 0.894. The van der Waals surface area contributed by atoms with Gasteiger partial charge in [-0.1, -0.05) is 25.1 Å². The fourth-order valence-electron chi connectivity index (χ4n) is 1.28. The minimum Gasteiger partial charge on any atom is -0.392 e. The highest BCUT2D eigenvalue weighted by molar-refractivity contribution is 7.99. The third kappa shape index (κ3) is 4.24. The topological polar surface area (TPSA) is 20.2 Å². The summed E-state index contributed by atoms with van der Waals surface area (Å²) in [6.07, 6.45) is -4.84. The van der Waals surface area contributed by atoms with Crippen molar-refractivity contribution in [3.63, 3.8) is 0 Å². The Morgan fingerprint density at radius 1 is 1.24 bits per heavy atom. The fraction of sp³-hybridized carbons (Fsp3) is 0.500. The Morgan fingerprint density at radius 2 is 1.82 bits per heavy atom. The average molecular weight is 264 g/mol. The van der Waals surface area contributed by atoms with Crippen LogP contribution >= 0.6 is 11.8 Å². The van der Waals surface area contributed by atoms with Crippen LogP contribution in [0.4, 0.5) is 13.2 Å². The van der Waals surface area contributed by atoms with E-state index >= 15 is 0 Å². The molecule has 0 aliphatic heterocycles. The van der Waals surface area contributed by atoms with Gasteiger partial charge in [0.1, 0.15) is 0 Å². The van der Waals surface area contributed by atoms with Gasteiger partial charge in [0.15, 0.2) is 0 Å². The lowest BCUT2D eigenvalue weighted by atomic mass is 10.1. The van der Waals surface area contributed by atoms with Crippen LogP contribution < -0.4 is 0 Å². The van der Waals surface area contributed by atoms with Crippen molar-refractivity contribution in [2.45, 2.75) is 37.1 Å². The maximum atomic E-state index is 12.7. The van der Waals surface area contributed by atoms with Crippen LogP contribution in [-0.4, -0.2) is 16.5 Å². The van der Waals surface area contributed by atoms with Crippen molar-refractivity contribution in [1.29, 1.82) is 0 Å². The number of halogens is 3. The minimum atomic E-state index is -4.31. The van der Waals surface area contributed by atoms with E-state index in [0.29, 0.717) is 0 Å². The molecule has 2 unspecified atom stereocenters. The first-order valence-electron chi connectivity index (χ1n) is 5.27. The molecule has 0 aliphatic rings. The third-order valence-corrected chi connectivity index (χ3v) is 3.90. The predicted molar refractivity (Wildman–Crippen MR) is 63.9 cm³/mol. The lowest BCUT2D eigenvalue weighted by Crippen LogP contribution is -2.16. The van der Waals surface area contributed by atoms with Gasteiger partial charge in [-0.15, -0.1) is 0 Å². The molecule has 2 atom stereocenters. The lowest BCUT2D eigenvalue weighted by Gasteiger charge is -2.16. The summed E-state index contributed by atoms with van der Waals surface area (Å²) < 4.78 is 38.0. The van der Waals surface area contributed by atoms with E-state index in [4.69, 9.17) is 0 Å². The molecule has 1 N–H and O–H groups in total. The van der Waals surface area contributed by atoms with Crippen molar-refractivity contribution in [1.82, 2.24) is 0 Å². The van der Waals surface area contributed by atoms with Gasteiger partial charge >= 0.3 is 6.18 Å². The maximum absolute atomic E-state index is 12.7. The van der Waals surface area contributed by atoms with Gasteiger partial charge < -0.3 is 5.11 Å². The number of aliphatic hydroxyl groups is 1. The molecule has 0 radical (unpaired) electrons. The zero-order valence-corrected chi connectivity index (χ0v) is 10.5. The van der Waals surface area contributed by atoms with E-state index in [1.54, 1.807) is 19.9 Å². The number of rotatable bonds is 4. The second-order valence-corrected chi connectivity index (χ2v) is 5.28. The number of hydrogen-bond donors (Lipinski definition) is 1. The molecule has 0 amide bonds. The summed E-state index contributed by atoms with van der Waals surface area (Å²) in [5.41, 5.74) is -0.331. The van der Waals surface area contributed by atoms with Gasteiger partial charge in [-0.3, -0.25) is 0 Å². The largest absolute Gasteiger partial charge is 0.416 e. The highest BCUT2D eigenvalue weighted by Gasteiger charge is 2.32. The average Bonchev–Trinajstić information content (AvgIpc) is 2.24. The Bertz CT molecular complexity index is 363. The van der Waals surface area contributed by atoms with E-state index in [1.807, 2.05) is 0 Å². The minimum absolute atomic E-state index is 0.0868. The molecule has 17 heavy (non-hydrogen) atoms. The van der Waals surface area contributed by atoms with Gasteiger partial charge in [0.25, 0.3) is 0 Å². The molecule has 5 heteroatoms. The van der Waals surface area contributed by atoms with Gasteiger partial charge in [-0.2, -0.15) is 24.9 Å². The molecule has 0 heterocycles. The van der Waals surface area contributed by atoms with Crippen molar-refractivity contribution in [2.75, 3.05) is 0 Å². The highest BCUT2D eigenvalue weighted by Crippen LogP contribution is 2.34. The molecule has 1 nitrogen and oxygen atoms in total. The van der Waals surface area contributed by atoms with Crippen molar-refractivity contribution >= 4 is 11.8 Å². The summed E-state index contributed by atoms with van der Waals surface area (Å²) in [4.78, 5) is 0. The van der Waals surface area contributed by atoms with E-state index in [1.165, 1.54) is 23.9 Å². The van der Waals surface area contributed by atoms with Crippen LogP contribution in [-0.2, 0) is 11.9 Å². The summed E-state index contributed by atoms with van der Waals surface area (Å²) >= 11 is 1.32. The predicted octanol–water partition coefficient (Wildman–Crippen LogP) is 3.71. The molecule has 1 aromatic rings. The zero-order chi connectivity index (χ0) is 13.1. The summed E-state index contributed by atoms with van der Waals surface area (Å²) in [7, 11) is 0. The standard InChI is InChI=1S/C12H15F3OS/c1-8(16)9(2)17-7-10-5-3-4-6-11(10)12(13,14)15/h3-6,8-9,16H,7H2,1-2H3. The molecule has 0 aliphatic carbocycles. The molecule has 96 valence electrons. The molecule has 0 spiro atoms. The summed E-state index contributed by atoms with van der Waals surface area (Å²) in [5.74, 6) is 0.252. The van der Waals surface area contributed by atoms with E-state index in [-0.39, 0.29) is 16.6 Å². The van der Waals surface area contributed by atoms with Crippen LogP contribution in [0.1, 0.15) is 25.0 Å². The number of thioether (sulfide) groups is 1. The second-order valence-electron chi connectivity index (χ2n) is 3.91. The van der Waals surface area contributed by atoms with Crippen molar-refractivity contribution in [3.05, 3.63) is 35.4 Å². The first-order valence-corrected chi connectivity index (χ1v) is 6.32. The second kappa shape index (κ2) is 5.78. The first-order chi connectivity index (χ1) is 7.82. The summed E-state index contributed by atoms with van der Waals surface area (Å²) in [6, 6.07) is 5.54.